The van der Waals surface area contributed by atoms with Crippen molar-refractivity contribution < 1.29 is 4.79 Å². The van der Waals surface area contributed by atoms with E-state index in [2.05, 4.69) is 78.8 Å². The van der Waals surface area contributed by atoms with Crippen LogP contribution in [0.15, 0.2) is 53.4 Å². The van der Waals surface area contributed by atoms with Crippen molar-refractivity contribution in [1.29, 1.82) is 0 Å². The Kier molecular flexibility index (Phi) is 9.23. The third-order valence-electron chi connectivity index (χ3n) is 4.95. The highest BCUT2D eigenvalue weighted by Crippen LogP contribution is 2.32. The summed E-state index contributed by atoms with van der Waals surface area (Å²) in [6.07, 6.45) is 3.37. The van der Waals surface area contributed by atoms with Gasteiger partial charge in [-0.2, -0.15) is 0 Å². The van der Waals surface area contributed by atoms with Crippen molar-refractivity contribution in [3.8, 4) is 0 Å². The summed E-state index contributed by atoms with van der Waals surface area (Å²) in [7, 11) is 4.40. The number of benzene rings is 2. The molecule has 4 heteroatoms. The second-order valence-corrected chi connectivity index (χ2v) is 9.11. The maximum absolute atomic E-state index is 9.50. The van der Waals surface area contributed by atoms with E-state index in [1.165, 1.54) is 41.0 Å². The number of rotatable bonds is 5. The summed E-state index contributed by atoms with van der Waals surface area (Å²) < 4.78 is 2.35. The van der Waals surface area contributed by atoms with Gasteiger partial charge in [-0.05, 0) is 81.2 Å². The molecule has 0 saturated carbocycles. The first kappa shape index (κ1) is 22.7. The van der Waals surface area contributed by atoms with Crippen LogP contribution in [0.5, 0.6) is 0 Å². The summed E-state index contributed by atoms with van der Waals surface area (Å²) in [4.78, 5) is 13.3. The number of carbonyl (C=O) groups is 1. The zero-order valence-corrected chi connectivity index (χ0v) is 18.7. The van der Waals surface area contributed by atoms with E-state index < -0.39 is 0 Å². The molecular weight excluding hydrogens is 364 g/mol. The summed E-state index contributed by atoms with van der Waals surface area (Å²) in [6.45, 7) is 8.25. The first-order valence-corrected chi connectivity index (χ1v) is 10.9. The minimum atomic E-state index is 0.204. The molecule has 0 saturated heterocycles. The first-order chi connectivity index (χ1) is 13.4. The van der Waals surface area contributed by atoms with Gasteiger partial charge in [0, 0.05) is 23.4 Å². The van der Waals surface area contributed by atoms with E-state index in [1.807, 2.05) is 25.8 Å². The van der Waals surface area contributed by atoms with Crippen LogP contribution in [0.2, 0.25) is 0 Å². The molecule has 152 valence electrons. The van der Waals surface area contributed by atoms with E-state index in [1.54, 1.807) is 0 Å². The Labute approximate surface area is 175 Å². The first-order valence-electron chi connectivity index (χ1n) is 10.1. The van der Waals surface area contributed by atoms with E-state index in [0.717, 1.165) is 12.8 Å². The van der Waals surface area contributed by atoms with Gasteiger partial charge in [-0.1, -0.05) is 50.2 Å². The van der Waals surface area contributed by atoms with Crippen molar-refractivity contribution in [3.05, 3.63) is 65.2 Å². The van der Waals surface area contributed by atoms with Gasteiger partial charge < -0.3 is 9.69 Å². The SMILES string of the molecule is CC(C)C=O.C[C@@H](c1ccccc1)N(C)Sc1ccc2c(c1)CCCN(C)C2. The van der Waals surface area contributed by atoms with E-state index >= 15 is 0 Å². The quantitative estimate of drug-likeness (QED) is 0.483. The maximum Gasteiger partial charge on any atom is 0.122 e. The molecule has 1 aliphatic rings. The Morgan fingerprint density at radius 3 is 2.39 bits per heavy atom. The highest BCUT2D eigenvalue weighted by Gasteiger charge is 2.15. The Morgan fingerprint density at radius 1 is 1.07 bits per heavy atom. The van der Waals surface area contributed by atoms with Crippen molar-refractivity contribution in [2.24, 2.45) is 5.92 Å². The predicted octanol–water partition coefficient (Wildman–Crippen LogP) is 5.61. The molecule has 2 aromatic carbocycles. The van der Waals surface area contributed by atoms with Crippen LogP contribution < -0.4 is 0 Å². The Bertz CT molecular complexity index is 733. The molecule has 0 spiro atoms. The van der Waals surface area contributed by atoms with E-state index in [0.29, 0.717) is 6.04 Å². The molecule has 28 heavy (non-hydrogen) atoms. The molecule has 0 bridgehead atoms. The second-order valence-electron chi connectivity index (χ2n) is 7.88. The van der Waals surface area contributed by atoms with Gasteiger partial charge in [0.05, 0.1) is 0 Å². The molecule has 0 aliphatic carbocycles. The molecule has 0 fully saturated rings. The van der Waals surface area contributed by atoms with Crippen LogP contribution in [0.3, 0.4) is 0 Å². The maximum atomic E-state index is 9.50. The summed E-state index contributed by atoms with van der Waals surface area (Å²) >= 11 is 1.85. The molecule has 0 aromatic heterocycles. The lowest BCUT2D eigenvalue weighted by Gasteiger charge is -2.24. The summed E-state index contributed by atoms with van der Waals surface area (Å²) in [5.41, 5.74) is 4.38. The van der Waals surface area contributed by atoms with Crippen molar-refractivity contribution in [2.45, 2.75) is 51.1 Å². The number of hydrogen-bond donors (Lipinski definition) is 0. The molecule has 3 rings (SSSR count). The van der Waals surface area contributed by atoms with Gasteiger partial charge in [0.1, 0.15) is 6.29 Å². The third-order valence-corrected chi connectivity index (χ3v) is 6.02. The molecule has 1 atom stereocenters. The van der Waals surface area contributed by atoms with E-state index in [4.69, 9.17) is 0 Å². The van der Waals surface area contributed by atoms with Gasteiger partial charge in [0.2, 0.25) is 0 Å². The topological polar surface area (TPSA) is 23.6 Å². The number of hydrogen-bond acceptors (Lipinski definition) is 4. The minimum absolute atomic E-state index is 0.204. The third kappa shape index (κ3) is 7.08. The van der Waals surface area contributed by atoms with Crippen LogP contribution in [0.25, 0.3) is 0 Å². The summed E-state index contributed by atoms with van der Waals surface area (Å²) in [5.74, 6) is 0.204. The Morgan fingerprint density at radius 2 is 1.75 bits per heavy atom. The zero-order chi connectivity index (χ0) is 20.5. The van der Waals surface area contributed by atoms with Gasteiger partial charge in [0.15, 0.2) is 0 Å². The standard InChI is InChI=1S/C20H26N2S.C4H8O/c1-16(17-8-5-4-6-9-17)22(3)23-20-12-11-19-15-21(2)13-7-10-18(19)14-20;1-4(2)3-5/h4-6,8-9,11-12,14,16H,7,10,13,15H2,1-3H3;3-4H,1-2H3/t16-;/m0./s1. The predicted molar refractivity (Wildman–Crippen MR) is 120 cm³/mol. The van der Waals surface area contributed by atoms with Crippen LogP contribution in [0, 0.1) is 5.92 Å². The van der Waals surface area contributed by atoms with Crippen LogP contribution in [-0.4, -0.2) is 36.1 Å². The van der Waals surface area contributed by atoms with Crippen LogP contribution >= 0.6 is 11.9 Å². The molecular formula is C24H34N2OS. The van der Waals surface area contributed by atoms with Gasteiger partial charge >= 0.3 is 0 Å². The van der Waals surface area contributed by atoms with E-state index in [9.17, 15) is 4.79 Å². The zero-order valence-electron chi connectivity index (χ0n) is 17.9. The number of aldehydes is 1. The molecule has 1 aliphatic heterocycles. The smallest absolute Gasteiger partial charge is 0.122 e. The van der Waals surface area contributed by atoms with Crippen molar-refractivity contribution >= 4 is 18.2 Å². The Balaban J connectivity index is 0.000000500. The van der Waals surface area contributed by atoms with Crippen molar-refractivity contribution in [2.75, 3.05) is 20.6 Å². The van der Waals surface area contributed by atoms with Crippen LogP contribution in [0.1, 0.15) is 49.9 Å². The normalized spacial score (nSPS) is 15.4. The van der Waals surface area contributed by atoms with Gasteiger partial charge in [-0.25, -0.2) is 4.31 Å². The largest absolute Gasteiger partial charge is 0.303 e. The highest BCUT2D eigenvalue weighted by atomic mass is 32.2. The molecule has 1 heterocycles. The van der Waals surface area contributed by atoms with E-state index in [-0.39, 0.29) is 5.92 Å². The van der Waals surface area contributed by atoms with Crippen LogP contribution in [0.4, 0.5) is 0 Å². The molecule has 0 unspecified atom stereocenters. The molecule has 0 N–H and O–H groups in total. The average molecular weight is 399 g/mol. The fourth-order valence-corrected chi connectivity index (χ4v) is 4.08. The number of nitrogens with zero attached hydrogens (tertiary/aromatic N) is 2. The summed E-state index contributed by atoms with van der Waals surface area (Å²) in [6, 6.07) is 18.1. The van der Waals surface area contributed by atoms with Crippen molar-refractivity contribution in [3.63, 3.8) is 0 Å². The highest BCUT2D eigenvalue weighted by molar-refractivity contribution is 7.97. The lowest BCUT2D eigenvalue weighted by Crippen LogP contribution is -2.17. The monoisotopic (exact) mass is 398 g/mol. The fourth-order valence-electron chi connectivity index (χ4n) is 3.14. The Hall–Kier alpha value is -1.62. The molecule has 3 nitrogen and oxygen atoms in total. The lowest BCUT2D eigenvalue weighted by molar-refractivity contribution is -0.110. The molecule has 2 aromatic rings. The second kappa shape index (κ2) is 11.4. The van der Waals surface area contributed by atoms with Gasteiger partial charge in [-0.3, -0.25) is 0 Å². The fraction of sp³-hybridized carbons (Fsp3) is 0.458. The average Bonchev–Trinajstić information content (AvgIpc) is 2.88. The number of carbonyl (C=O) groups excluding carboxylic acids is 1. The summed E-state index contributed by atoms with van der Waals surface area (Å²) in [5, 5.41) is 0. The number of aryl methyl sites for hydroxylation is 1. The lowest BCUT2D eigenvalue weighted by atomic mass is 10.0. The molecule has 0 amide bonds. The van der Waals surface area contributed by atoms with Gasteiger partial charge in [-0.15, -0.1) is 0 Å². The van der Waals surface area contributed by atoms with Gasteiger partial charge in [0.25, 0.3) is 0 Å². The minimum Gasteiger partial charge on any atom is -0.303 e. The number of fused-ring (bicyclic) bond motifs is 1. The molecule has 0 radical (unpaired) electrons. The van der Waals surface area contributed by atoms with Crippen LogP contribution in [-0.2, 0) is 17.8 Å². The van der Waals surface area contributed by atoms with Crippen molar-refractivity contribution in [1.82, 2.24) is 9.21 Å².